The summed E-state index contributed by atoms with van der Waals surface area (Å²) < 4.78 is 12.5. The standard InChI is InChI=1S/C14H18BrNO2S/c1-14(2)10-16(6-7-19(14)18)13(17)9-11-4-3-5-12(15)8-11/h3-5,8H,6-7,9-10H2,1-2H3/t19-/m0/s1. The van der Waals surface area contributed by atoms with Crippen LogP contribution in [0.15, 0.2) is 28.7 Å². The fourth-order valence-electron chi connectivity index (χ4n) is 2.23. The third-order valence-electron chi connectivity index (χ3n) is 3.33. The van der Waals surface area contributed by atoms with Crippen LogP contribution in [0.25, 0.3) is 0 Å². The molecule has 5 heteroatoms. The number of hydrogen-bond donors (Lipinski definition) is 0. The van der Waals surface area contributed by atoms with Crippen molar-refractivity contribution in [3.8, 4) is 0 Å². The number of amides is 1. The molecule has 0 aliphatic carbocycles. The summed E-state index contributed by atoms with van der Waals surface area (Å²) >= 11 is 3.41. The molecular weight excluding hydrogens is 326 g/mol. The van der Waals surface area contributed by atoms with Gasteiger partial charge in [0.1, 0.15) is 0 Å². The highest BCUT2D eigenvalue weighted by atomic mass is 79.9. The van der Waals surface area contributed by atoms with Gasteiger partial charge in [0.25, 0.3) is 0 Å². The topological polar surface area (TPSA) is 37.4 Å². The van der Waals surface area contributed by atoms with Crippen LogP contribution in [0.3, 0.4) is 0 Å². The van der Waals surface area contributed by atoms with E-state index in [9.17, 15) is 9.00 Å². The number of benzene rings is 1. The molecule has 0 aromatic heterocycles. The molecule has 0 N–H and O–H groups in total. The van der Waals surface area contributed by atoms with E-state index in [-0.39, 0.29) is 10.7 Å². The lowest BCUT2D eigenvalue weighted by Crippen LogP contribution is -2.52. The summed E-state index contributed by atoms with van der Waals surface area (Å²) in [7, 11) is -0.839. The Bertz CT molecular complexity index is 516. The van der Waals surface area contributed by atoms with Crippen molar-refractivity contribution in [1.82, 2.24) is 4.90 Å². The van der Waals surface area contributed by atoms with Gasteiger partial charge in [-0.15, -0.1) is 0 Å². The Balaban J connectivity index is 2.03. The first kappa shape index (κ1) is 14.7. The third kappa shape index (κ3) is 3.66. The summed E-state index contributed by atoms with van der Waals surface area (Å²) in [5.41, 5.74) is 1.00. The smallest absolute Gasteiger partial charge is 0.227 e. The molecule has 1 heterocycles. The van der Waals surface area contributed by atoms with Crippen LogP contribution in [0.1, 0.15) is 19.4 Å². The lowest BCUT2D eigenvalue weighted by molar-refractivity contribution is -0.130. The van der Waals surface area contributed by atoms with Crippen molar-refractivity contribution in [2.24, 2.45) is 0 Å². The van der Waals surface area contributed by atoms with E-state index in [1.54, 1.807) is 0 Å². The van der Waals surface area contributed by atoms with Crippen LogP contribution < -0.4 is 0 Å². The molecule has 1 aromatic carbocycles. The van der Waals surface area contributed by atoms with E-state index in [1.807, 2.05) is 43.0 Å². The van der Waals surface area contributed by atoms with E-state index in [4.69, 9.17) is 0 Å². The van der Waals surface area contributed by atoms with Crippen molar-refractivity contribution in [2.75, 3.05) is 18.8 Å². The van der Waals surface area contributed by atoms with E-state index < -0.39 is 10.8 Å². The van der Waals surface area contributed by atoms with Crippen molar-refractivity contribution in [3.63, 3.8) is 0 Å². The molecule has 19 heavy (non-hydrogen) atoms. The molecule has 1 aromatic rings. The molecule has 1 aliphatic rings. The van der Waals surface area contributed by atoms with Gasteiger partial charge < -0.3 is 4.90 Å². The zero-order valence-electron chi connectivity index (χ0n) is 11.2. The molecule has 0 unspecified atom stereocenters. The van der Waals surface area contributed by atoms with Crippen LogP contribution >= 0.6 is 15.9 Å². The summed E-state index contributed by atoms with van der Waals surface area (Å²) in [4.78, 5) is 14.1. The Labute approximate surface area is 125 Å². The summed E-state index contributed by atoms with van der Waals surface area (Å²) in [6, 6.07) is 7.80. The van der Waals surface area contributed by atoms with Crippen molar-refractivity contribution in [3.05, 3.63) is 34.3 Å². The second-order valence-corrected chi connectivity index (χ2v) is 8.55. The fourth-order valence-corrected chi connectivity index (χ4v) is 3.91. The van der Waals surface area contributed by atoms with Gasteiger partial charge in [-0.2, -0.15) is 0 Å². The number of rotatable bonds is 2. The van der Waals surface area contributed by atoms with E-state index in [1.165, 1.54) is 0 Å². The highest BCUT2D eigenvalue weighted by Gasteiger charge is 2.34. The van der Waals surface area contributed by atoms with Gasteiger partial charge in [0.2, 0.25) is 5.91 Å². The second kappa shape index (κ2) is 5.75. The first-order valence-corrected chi connectivity index (χ1v) is 8.40. The lowest BCUT2D eigenvalue weighted by atomic mass is 10.1. The monoisotopic (exact) mass is 343 g/mol. The highest BCUT2D eigenvalue weighted by Crippen LogP contribution is 2.21. The minimum Gasteiger partial charge on any atom is -0.340 e. The molecule has 0 bridgehead atoms. The van der Waals surface area contributed by atoms with E-state index in [0.717, 1.165) is 10.0 Å². The van der Waals surface area contributed by atoms with Crippen LogP contribution in [0, 0.1) is 0 Å². The fraction of sp³-hybridized carbons (Fsp3) is 0.500. The number of nitrogens with zero attached hydrogens (tertiary/aromatic N) is 1. The molecule has 1 atom stereocenters. The number of carbonyl (C=O) groups excluding carboxylic acids is 1. The average molecular weight is 344 g/mol. The van der Waals surface area contributed by atoms with Crippen LogP contribution in [0.5, 0.6) is 0 Å². The summed E-state index contributed by atoms with van der Waals surface area (Å²) in [6.45, 7) is 5.10. The first-order valence-electron chi connectivity index (χ1n) is 6.29. The molecule has 0 radical (unpaired) electrons. The maximum Gasteiger partial charge on any atom is 0.227 e. The van der Waals surface area contributed by atoms with Crippen molar-refractivity contribution >= 4 is 32.6 Å². The summed E-state index contributed by atoms with van der Waals surface area (Å²) in [5.74, 6) is 0.694. The Morgan fingerprint density at radius 2 is 2.21 bits per heavy atom. The minimum atomic E-state index is -0.839. The Morgan fingerprint density at radius 1 is 1.47 bits per heavy atom. The van der Waals surface area contributed by atoms with Crippen LogP contribution in [0.4, 0.5) is 0 Å². The van der Waals surface area contributed by atoms with Gasteiger partial charge in [0.15, 0.2) is 0 Å². The Kier molecular flexibility index (Phi) is 4.46. The molecule has 104 valence electrons. The normalized spacial score (nSPS) is 22.3. The summed E-state index contributed by atoms with van der Waals surface area (Å²) in [5, 5.41) is 0. The molecule has 0 spiro atoms. The lowest BCUT2D eigenvalue weighted by Gasteiger charge is -2.37. The second-order valence-electron chi connectivity index (χ2n) is 5.43. The van der Waals surface area contributed by atoms with Crippen molar-refractivity contribution in [1.29, 1.82) is 0 Å². The quantitative estimate of drug-likeness (QED) is 0.826. The molecule has 3 nitrogen and oxygen atoms in total. The van der Waals surface area contributed by atoms with Gasteiger partial charge in [-0.3, -0.25) is 9.00 Å². The Morgan fingerprint density at radius 3 is 2.84 bits per heavy atom. The molecular formula is C14H18BrNO2S. The maximum absolute atomic E-state index is 12.3. The van der Waals surface area contributed by atoms with Gasteiger partial charge in [-0.05, 0) is 31.5 Å². The number of hydrogen-bond acceptors (Lipinski definition) is 2. The third-order valence-corrected chi connectivity index (χ3v) is 5.74. The molecule has 1 amide bonds. The van der Waals surface area contributed by atoms with Crippen molar-refractivity contribution in [2.45, 2.75) is 25.0 Å². The van der Waals surface area contributed by atoms with Crippen LogP contribution in [-0.2, 0) is 22.0 Å². The van der Waals surface area contributed by atoms with E-state index >= 15 is 0 Å². The molecule has 0 saturated carbocycles. The molecule has 2 rings (SSSR count). The number of halogens is 1. The van der Waals surface area contributed by atoms with E-state index in [0.29, 0.717) is 25.3 Å². The maximum atomic E-state index is 12.3. The van der Waals surface area contributed by atoms with Gasteiger partial charge in [-0.25, -0.2) is 0 Å². The zero-order valence-corrected chi connectivity index (χ0v) is 13.6. The van der Waals surface area contributed by atoms with Gasteiger partial charge in [-0.1, -0.05) is 28.1 Å². The summed E-state index contributed by atoms with van der Waals surface area (Å²) in [6.07, 6.45) is 0.405. The van der Waals surface area contributed by atoms with Crippen LogP contribution in [-0.4, -0.2) is 38.6 Å². The van der Waals surface area contributed by atoms with Crippen molar-refractivity contribution < 1.29 is 9.00 Å². The highest BCUT2D eigenvalue weighted by molar-refractivity contribution is 9.10. The van der Waals surface area contributed by atoms with Gasteiger partial charge >= 0.3 is 0 Å². The molecule has 1 saturated heterocycles. The molecule has 1 aliphatic heterocycles. The molecule has 1 fully saturated rings. The average Bonchev–Trinajstić information content (AvgIpc) is 2.32. The minimum absolute atomic E-state index is 0.114. The Hall–Kier alpha value is -0.680. The van der Waals surface area contributed by atoms with Gasteiger partial charge in [0.05, 0.1) is 11.2 Å². The SMILES string of the molecule is CC1(C)CN(C(=O)Cc2cccc(Br)c2)CC[S@@]1=O. The van der Waals surface area contributed by atoms with Crippen LogP contribution in [0.2, 0.25) is 0 Å². The zero-order chi connectivity index (χ0) is 14.0. The van der Waals surface area contributed by atoms with E-state index in [2.05, 4.69) is 15.9 Å². The van der Waals surface area contributed by atoms with Gasteiger partial charge in [0, 0.05) is 34.1 Å². The first-order chi connectivity index (χ1) is 8.88. The predicted octanol–water partition coefficient (Wildman–Crippen LogP) is 2.36. The largest absolute Gasteiger partial charge is 0.340 e. The predicted molar refractivity (Wildman–Crippen MR) is 81.5 cm³/mol. The number of carbonyl (C=O) groups is 1.